The second-order valence-corrected chi connectivity index (χ2v) is 11.9. The molecule has 0 amide bonds. The summed E-state index contributed by atoms with van der Waals surface area (Å²) in [5, 5.41) is -0.890. The van der Waals surface area contributed by atoms with Crippen LogP contribution in [0.3, 0.4) is 0 Å². The Morgan fingerprint density at radius 3 is 1.39 bits per heavy atom. The van der Waals surface area contributed by atoms with Gasteiger partial charge >= 0.3 is 23.9 Å². The summed E-state index contributed by atoms with van der Waals surface area (Å²) in [4.78, 5) is 50.1. The third kappa shape index (κ3) is 12.0. The zero-order chi connectivity index (χ0) is 27.6. The standard InChI is InChI=1S/C26H43BrO9/c1-14(2)9-19(28)32-13-18-23(34-20(29)10-15(3)4)24(35-21(30)11-16(5)6)25(26(27)33-18)36-22(31)12-17(7)8/h14-18,23-26H,9-13H2,1-8H3/t18-,23-,24+,25-,26-/m1/s1. The van der Waals surface area contributed by atoms with Gasteiger partial charge in [0, 0.05) is 25.7 Å². The van der Waals surface area contributed by atoms with Crippen LogP contribution in [0.25, 0.3) is 0 Å². The summed E-state index contributed by atoms with van der Waals surface area (Å²) in [6.07, 6.45) is -3.72. The fraction of sp³-hybridized carbons (Fsp3) is 0.846. The van der Waals surface area contributed by atoms with Crippen molar-refractivity contribution in [3.8, 4) is 0 Å². The van der Waals surface area contributed by atoms with Crippen LogP contribution in [0, 0.1) is 23.7 Å². The maximum Gasteiger partial charge on any atom is 0.306 e. The lowest BCUT2D eigenvalue weighted by molar-refractivity contribution is -0.239. The minimum Gasteiger partial charge on any atom is -0.463 e. The highest BCUT2D eigenvalue weighted by Gasteiger charge is 2.52. The first-order chi connectivity index (χ1) is 16.7. The van der Waals surface area contributed by atoms with Crippen molar-refractivity contribution in [2.24, 2.45) is 23.7 Å². The van der Waals surface area contributed by atoms with Gasteiger partial charge in [-0.1, -0.05) is 71.3 Å². The van der Waals surface area contributed by atoms with Crippen molar-refractivity contribution in [1.29, 1.82) is 0 Å². The second kappa shape index (κ2) is 15.5. The van der Waals surface area contributed by atoms with Crippen molar-refractivity contribution < 1.29 is 42.9 Å². The van der Waals surface area contributed by atoms with Crippen LogP contribution in [0.5, 0.6) is 0 Å². The first-order valence-corrected chi connectivity index (χ1v) is 13.6. The Morgan fingerprint density at radius 1 is 0.611 bits per heavy atom. The molecule has 10 heteroatoms. The van der Waals surface area contributed by atoms with Gasteiger partial charge in [0.15, 0.2) is 23.3 Å². The van der Waals surface area contributed by atoms with Crippen molar-refractivity contribution in [2.45, 2.75) is 111 Å². The molecule has 1 heterocycles. The van der Waals surface area contributed by atoms with Gasteiger partial charge in [0.2, 0.25) is 0 Å². The van der Waals surface area contributed by atoms with Gasteiger partial charge in [-0.2, -0.15) is 0 Å². The van der Waals surface area contributed by atoms with Crippen molar-refractivity contribution in [1.82, 2.24) is 0 Å². The van der Waals surface area contributed by atoms with Crippen LogP contribution in [0.4, 0.5) is 0 Å². The minimum absolute atomic E-state index is 0.0220. The van der Waals surface area contributed by atoms with Crippen molar-refractivity contribution in [3.05, 3.63) is 0 Å². The molecule has 0 saturated carbocycles. The number of ether oxygens (including phenoxy) is 5. The van der Waals surface area contributed by atoms with Crippen LogP contribution < -0.4 is 0 Å². The van der Waals surface area contributed by atoms with Crippen LogP contribution in [0.1, 0.15) is 81.1 Å². The molecular formula is C26H43BrO9. The molecule has 0 N–H and O–H groups in total. The Labute approximate surface area is 223 Å². The zero-order valence-corrected chi connectivity index (χ0v) is 24.4. The number of hydrogen-bond acceptors (Lipinski definition) is 9. The predicted molar refractivity (Wildman–Crippen MR) is 136 cm³/mol. The number of carbonyl (C=O) groups excluding carboxylic acids is 4. The molecule has 9 nitrogen and oxygen atoms in total. The van der Waals surface area contributed by atoms with Gasteiger partial charge in [-0.3, -0.25) is 19.2 Å². The van der Waals surface area contributed by atoms with Gasteiger partial charge in [-0.05, 0) is 23.7 Å². The lowest BCUT2D eigenvalue weighted by Crippen LogP contribution is -2.61. The molecule has 0 bridgehead atoms. The van der Waals surface area contributed by atoms with E-state index in [0.29, 0.717) is 0 Å². The van der Waals surface area contributed by atoms with Crippen LogP contribution >= 0.6 is 15.9 Å². The van der Waals surface area contributed by atoms with E-state index in [1.807, 2.05) is 55.4 Å². The second-order valence-electron chi connectivity index (χ2n) is 11.0. The number of rotatable bonds is 13. The monoisotopic (exact) mass is 578 g/mol. The largest absolute Gasteiger partial charge is 0.463 e. The van der Waals surface area contributed by atoms with Gasteiger partial charge in [0.05, 0.1) is 0 Å². The Hall–Kier alpha value is -1.68. The number of alkyl halides is 1. The van der Waals surface area contributed by atoms with Crippen LogP contribution in [0.2, 0.25) is 0 Å². The summed E-state index contributed by atoms with van der Waals surface area (Å²) in [7, 11) is 0. The van der Waals surface area contributed by atoms with Gasteiger partial charge in [-0.15, -0.1) is 0 Å². The smallest absolute Gasteiger partial charge is 0.306 e. The summed E-state index contributed by atoms with van der Waals surface area (Å²) >= 11 is 3.38. The Bertz CT molecular complexity index is 735. The minimum atomic E-state index is -1.16. The highest BCUT2D eigenvalue weighted by atomic mass is 79.9. The van der Waals surface area contributed by atoms with E-state index in [2.05, 4.69) is 15.9 Å². The number of hydrogen-bond donors (Lipinski definition) is 0. The van der Waals surface area contributed by atoms with Crippen molar-refractivity contribution in [2.75, 3.05) is 6.61 Å². The molecule has 0 aromatic carbocycles. The fourth-order valence-electron chi connectivity index (χ4n) is 3.57. The average Bonchev–Trinajstić information content (AvgIpc) is 2.69. The van der Waals surface area contributed by atoms with E-state index in [1.54, 1.807) is 0 Å². The fourth-order valence-corrected chi connectivity index (χ4v) is 4.25. The highest BCUT2D eigenvalue weighted by molar-refractivity contribution is 9.09. The Kier molecular flexibility index (Phi) is 14.0. The number of halogens is 1. The quantitative estimate of drug-likeness (QED) is 0.176. The van der Waals surface area contributed by atoms with Gasteiger partial charge in [0.1, 0.15) is 12.7 Å². The Morgan fingerprint density at radius 2 is 0.972 bits per heavy atom. The van der Waals surface area contributed by atoms with E-state index in [1.165, 1.54) is 0 Å². The molecule has 1 saturated heterocycles. The van der Waals surface area contributed by atoms with Crippen molar-refractivity contribution in [3.63, 3.8) is 0 Å². The molecule has 1 fully saturated rings. The SMILES string of the molecule is CC(C)CC(=O)OC[C@H]1O[C@@H](Br)[C@H](OC(=O)CC(C)C)[C@@H](OC(=O)CC(C)C)[C@@H]1OC(=O)CC(C)C. The topological polar surface area (TPSA) is 114 Å². The molecule has 0 aromatic heterocycles. The summed E-state index contributed by atoms with van der Waals surface area (Å²) in [6, 6.07) is 0. The maximum atomic E-state index is 12.7. The molecule has 1 aliphatic rings. The molecule has 208 valence electrons. The predicted octanol–water partition coefficient (Wildman–Crippen LogP) is 4.57. The molecule has 0 radical (unpaired) electrons. The number of carbonyl (C=O) groups is 4. The normalized spacial score (nSPS) is 24.2. The zero-order valence-electron chi connectivity index (χ0n) is 22.8. The summed E-state index contributed by atoms with van der Waals surface area (Å²) in [6.45, 7) is 14.8. The highest BCUT2D eigenvalue weighted by Crippen LogP contribution is 2.33. The van der Waals surface area contributed by atoms with Crippen LogP contribution in [0.15, 0.2) is 0 Å². The van der Waals surface area contributed by atoms with Crippen LogP contribution in [-0.4, -0.2) is 59.9 Å². The molecular weight excluding hydrogens is 536 g/mol. The summed E-state index contributed by atoms with van der Waals surface area (Å²) < 4.78 is 28.5. The van der Waals surface area contributed by atoms with E-state index in [0.717, 1.165) is 0 Å². The van der Waals surface area contributed by atoms with Crippen LogP contribution in [-0.2, 0) is 42.9 Å². The average molecular weight is 580 g/mol. The first-order valence-electron chi connectivity index (χ1n) is 12.7. The third-order valence-corrected chi connectivity index (χ3v) is 5.82. The third-order valence-electron chi connectivity index (χ3n) is 5.09. The molecule has 5 atom stereocenters. The van der Waals surface area contributed by atoms with E-state index in [9.17, 15) is 19.2 Å². The molecule has 0 aliphatic carbocycles. The van der Waals surface area contributed by atoms with Gasteiger partial charge in [0.25, 0.3) is 0 Å². The lowest BCUT2D eigenvalue weighted by Gasteiger charge is -2.43. The van der Waals surface area contributed by atoms with Crippen molar-refractivity contribution >= 4 is 39.8 Å². The van der Waals surface area contributed by atoms with E-state index < -0.39 is 53.3 Å². The molecule has 36 heavy (non-hydrogen) atoms. The van der Waals surface area contributed by atoms with Gasteiger partial charge < -0.3 is 23.7 Å². The van der Waals surface area contributed by atoms with Gasteiger partial charge in [-0.25, -0.2) is 0 Å². The number of esters is 4. The summed E-state index contributed by atoms with van der Waals surface area (Å²) in [5.41, 5.74) is 0. The van der Waals surface area contributed by atoms with E-state index in [4.69, 9.17) is 23.7 Å². The Balaban J connectivity index is 3.28. The molecule has 0 spiro atoms. The summed E-state index contributed by atoms with van der Waals surface area (Å²) in [5.74, 6) is -1.78. The molecule has 1 aliphatic heterocycles. The molecule has 1 rings (SSSR count). The van der Waals surface area contributed by atoms with E-state index >= 15 is 0 Å². The first kappa shape index (κ1) is 32.3. The molecule has 0 aromatic rings. The van der Waals surface area contributed by atoms with E-state index in [-0.39, 0.29) is 56.0 Å². The lowest BCUT2D eigenvalue weighted by atomic mass is 9.98. The molecule has 0 unspecified atom stereocenters. The maximum absolute atomic E-state index is 12.7.